The van der Waals surface area contributed by atoms with Gasteiger partial charge in [0, 0.05) is 16.6 Å². The molecule has 0 saturated carbocycles. The molecule has 0 fully saturated rings. The number of hydrogen-bond acceptors (Lipinski definition) is 3. The van der Waals surface area contributed by atoms with Crippen molar-refractivity contribution >= 4 is 15.9 Å². The Kier molecular flexibility index (Phi) is 3.92. The maximum absolute atomic E-state index is 9.68. The van der Waals surface area contributed by atoms with Crippen molar-refractivity contribution in [3.8, 4) is 5.75 Å². The van der Waals surface area contributed by atoms with Gasteiger partial charge in [-0.1, -0.05) is 15.9 Å². The van der Waals surface area contributed by atoms with E-state index in [-0.39, 0.29) is 6.54 Å². The Morgan fingerprint density at radius 1 is 1.57 bits per heavy atom. The summed E-state index contributed by atoms with van der Waals surface area (Å²) >= 11 is 3.38. The Labute approximate surface area is 92.0 Å². The first-order valence-electron chi connectivity index (χ1n) is 4.32. The lowest BCUT2D eigenvalue weighted by molar-refractivity contribution is 0.181. The standard InChI is InChI=1S/C10H14BrNO2/c1-6-3-7(11)10(8(13)5-12)9(4-6)14-2/h3-4,8,13H,5,12H2,1-2H3. The summed E-state index contributed by atoms with van der Waals surface area (Å²) < 4.78 is 6.01. The van der Waals surface area contributed by atoms with E-state index in [9.17, 15) is 5.11 Å². The van der Waals surface area contributed by atoms with Crippen LogP contribution >= 0.6 is 15.9 Å². The summed E-state index contributed by atoms with van der Waals surface area (Å²) in [5.41, 5.74) is 7.19. The molecule has 14 heavy (non-hydrogen) atoms. The molecule has 0 saturated heterocycles. The van der Waals surface area contributed by atoms with Gasteiger partial charge in [0.1, 0.15) is 5.75 Å². The minimum absolute atomic E-state index is 0.179. The molecular formula is C10H14BrNO2. The number of halogens is 1. The van der Waals surface area contributed by atoms with Crippen LogP contribution < -0.4 is 10.5 Å². The van der Waals surface area contributed by atoms with Gasteiger partial charge in [-0.15, -0.1) is 0 Å². The Morgan fingerprint density at radius 2 is 2.21 bits per heavy atom. The monoisotopic (exact) mass is 259 g/mol. The lowest BCUT2D eigenvalue weighted by Gasteiger charge is -2.15. The van der Waals surface area contributed by atoms with Crippen LogP contribution in [0.5, 0.6) is 5.75 Å². The summed E-state index contributed by atoms with van der Waals surface area (Å²) in [5.74, 6) is 0.662. The molecule has 1 unspecified atom stereocenters. The molecule has 0 aromatic heterocycles. The highest BCUT2D eigenvalue weighted by Crippen LogP contribution is 2.33. The van der Waals surface area contributed by atoms with Crippen molar-refractivity contribution in [2.24, 2.45) is 5.73 Å². The molecule has 0 spiro atoms. The van der Waals surface area contributed by atoms with E-state index >= 15 is 0 Å². The zero-order chi connectivity index (χ0) is 10.7. The molecule has 0 aliphatic carbocycles. The third-order valence-electron chi connectivity index (χ3n) is 2.01. The maximum atomic E-state index is 9.68. The summed E-state index contributed by atoms with van der Waals surface area (Å²) in [7, 11) is 1.58. The molecule has 0 aliphatic rings. The zero-order valence-corrected chi connectivity index (χ0v) is 9.84. The first kappa shape index (κ1) is 11.5. The highest BCUT2D eigenvalue weighted by Gasteiger charge is 2.15. The van der Waals surface area contributed by atoms with E-state index < -0.39 is 6.10 Å². The first-order chi connectivity index (χ1) is 6.60. The van der Waals surface area contributed by atoms with E-state index in [4.69, 9.17) is 10.5 Å². The van der Waals surface area contributed by atoms with Gasteiger partial charge in [-0.05, 0) is 24.6 Å². The summed E-state index contributed by atoms with van der Waals surface area (Å²) in [6.45, 7) is 2.14. The number of methoxy groups -OCH3 is 1. The van der Waals surface area contributed by atoms with Gasteiger partial charge in [-0.25, -0.2) is 0 Å². The number of nitrogens with two attached hydrogens (primary N) is 1. The van der Waals surface area contributed by atoms with Gasteiger partial charge in [-0.2, -0.15) is 0 Å². The Bertz CT molecular complexity index is 328. The van der Waals surface area contributed by atoms with Gasteiger partial charge >= 0.3 is 0 Å². The van der Waals surface area contributed by atoms with Crippen LogP contribution in [-0.4, -0.2) is 18.8 Å². The van der Waals surface area contributed by atoms with E-state index in [1.54, 1.807) is 7.11 Å². The number of benzene rings is 1. The first-order valence-corrected chi connectivity index (χ1v) is 5.11. The normalized spacial score (nSPS) is 12.6. The van der Waals surface area contributed by atoms with Crippen LogP contribution in [-0.2, 0) is 0 Å². The highest BCUT2D eigenvalue weighted by molar-refractivity contribution is 9.10. The largest absolute Gasteiger partial charge is 0.496 e. The van der Waals surface area contributed by atoms with E-state index in [2.05, 4.69) is 15.9 Å². The fourth-order valence-electron chi connectivity index (χ4n) is 1.33. The van der Waals surface area contributed by atoms with Crippen molar-refractivity contribution in [1.82, 2.24) is 0 Å². The Balaban J connectivity index is 3.24. The second-order valence-corrected chi connectivity index (χ2v) is 3.97. The van der Waals surface area contributed by atoms with Gasteiger partial charge in [-0.3, -0.25) is 0 Å². The number of aryl methyl sites for hydroxylation is 1. The minimum Gasteiger partial charge on any atom is -0.496 e. The van der Waals surface area contributed by atoms with Crippen molar-refractivity contribution in [3.05, 3.63) is 27.7 Å². The van der Waals surface area contributed by atoms with Crippen LogP contribution in [0.1, 0.15) is 17.2 Å². The molecule has 1 aromatic carbocycles. The fourth-order valence-corrected chi connectivity index (χ4v) is 2.15. The Morgan fingerprint density at radius 3 is 2.71 bits per heavy atom. The molecule has 4 heteroatoms. The van der Waals surface area contributed by atoms with E-state index in [0.29, 0.717) is 11.3 Å². The summed E-state index contributed by atoms with van der Waals surface area (Å²) in [6.07, 6.45) is -0.695. The number of aliphatic hydroxyl groups is 1. The third kappa shape index (κ3) is 2.26. The molecule has 0 heterocycles. The molecule has 0 bridgehead atoms. The van der Waals surface area contributed by atoms with Crippen LogP contribution in [0.2, 0.25) is 0 Å². The topological polar surface area (TPSA) is 55.5 Å². The van der Waals surface area contributed by atoms with Crippen LogP contribution in [0.4, 0.5) is 0 Å². The van der Waals surface area contributed by atoms with Crippen molar-refractivity contribution in [2.45, 2.75) is 13.0 Å². The van der Waals surface area contributed by atoms with Gasteiger partial charge in [0.2, 0.25) is 0 Å². The van der Waals surface area contributed by atoms with Crippen molar-refractivity contribution in [2.75, 3.05) is 13.7 Å². The number of hydrogen-bond donors (Lipinski definition) is 2. The molecular weight excluding hydrogens is 246 g/mol. The molecule has 1 atom stereocenters. The maximum Gasteiger partial charge on any atom is 0.126 e. The smallest absolute Gasteiger partial charge is 0.126 e. The number of aliphatic hydroxyl groups excluding tert-OH is 1. The van der Waals surface area contributed by atoms with Crippen LogP contribution in [0.25, 0.3) is 0 Å². The SMILES string of the molecule is COc1cc(C)cc(Br)c1C(O)CN. The van der Waals surface area contributed by atoms with E-state index in [0.717, 1.165) is 10.0 Å². The van der Waals surface area contributed by atoms with E-state index in [1.807, 2.05) is 19.1 Å². The Hall–Kier alpha value is -0.580. The number of ether oxygens (including phenoxy) is 1. The van der Waals surface area contributed by atoms with Gasteiger partial charge in [0.15, 0.2) is 0 Å². The minimum atomic E-state index is -0.695. The quantitative estimate of drug-likeness (QED) is 0.870. The molecule has 3 nitrogen and oxygen atoms in total. The lowest BCUT2D eigenvalue weighted by Crippen LogP contribution is -2.13. The summed E-state index contributed by atoms with van der Waals surface area (Å²) in [5, 5.41) is 9.68. The predicted molar refractivity (Wildman–Crippen MR) is 59.4 cm³/mol. The van der Waals surface area contributed by atoms with Gasteiger partial charge in [0.25, 0.3) is 0 Å². The molecule has 3 N–H and O–H groups in total. The lowest BCUT2D eigenvalue weighted by atomic mass is 10.1. The average molecular weight is 260 g/mol. The van der Waals surface area contributed by atoms with Crippen molar-refractivity contribution in [3.63, 3.8) is 0 Å². The summed E-state index contributed by atoms with van der Waals surface area (Å²) in [6, 6.07) is 3.80. The molecule has 0 radical (unpaired) electrons. The third-order valence-corrected chi connectivity index (χ3v) is 2.67. The molecule has 1 rings (SSSR count). The molecule has 78 valence electrons. The van der Waals surface area contributed by atoms with E-state index in [1.165, 1.54) is 0 Å². The second kappa shape index (κ2) is 4.77. The fraction of sp³-hybridized carbons (Fsp3) is 0.400. The molecule has 1 aromatic rings. The summed E-state index contributed by atoms with van der Waals surface area (Å²) in [4.78, 5) is 0. The second-order valence-electron chi connectivity index (χ2n) is 3.11. The van der Waals surface area contributed by atoms with Gasteiger partial charge in [0.05, 0.1) is 13.2 Å². The predicted octanol–water partition coefficient (Wildman–Crippen LogP) is 1.76. The van der Waals surface area contributed by atoms with Crippen LogP contribution in [0.3, 0.4) is 0 Å². The number of rotatable bonds is 3. The highest BCUT2D eigenvalue weighted by atomic mass is 79.9. The zero-order valence-electron chi connectivity index (χ0n) is 8.25. The van der Waals surface area contributed by atoms with Crippen LogP contribution in [0, 0.1) is 6.92 Å². The molecule has 0 aliphatic heterocycles. The van der Waals surface area contributed by atoms with Crippen molar-refractivity contribution in [1.29, 1.82) is 0 Å². The molecule has 0 amide bonds. The van der Waals surface area contributed by atoms with Gasteiger partial charge < -0.3 is 15.6 Å². The van der Waals surface area contributed by atoms with Crippen LogP contribution in [0.15, 0.2) is 16.6 Å². The van der Waals surface area contributed by atoms with Crippen molar-refractivity contribution < 1.29 is 9.84 Å². The average Bonchev–Trinajstić information content (AvgIpc) is 2.15.